The molecule has 0 atom stereocenters. The average molecular weight is 309 g/mol. The number of aromatic nitrogens is 1. The molecule has 106 valence electrons. The first-order chi connectivity index (χ1) is 9.58. The second-order valence-electron chi connectivity index (χ2n) is 4.03. The monoisotopic (exact) mass is 309 g/mol. The van der Waals surface area contributed by atoms with Gasteiger partial charge in [0.1, 0.15) is 5.75 Å². The normalized spacial score (nSPS) is 10.3. The summed E-state index contributed by atoms with van der Waals surface area (Å²) in [5.41, 5.74) is 7.40. The fourth-order valence-corrected chi connectivity index (χ4v) is 2.97. The number of methoxy groups -OCH3 is 1. The minimum Gasteiger partial charge on any atom is -0.497 e. The Kier molecular flexibility index (Phi) is 4.86. The molecule has 2 aromatic rings. The second kappa shape index (κ2) is 6.62. The molecule has 0 saturated heterocycles. The molecule has 3 N–H and O–H groups in total. The number of thiazole rings is 1. The molecule has 0 aliphatic carbocycles. The summed E-state index contributed by atoms with van der Waals surface area (Å²) in [6.07, 6.45) is 0. The number of amides is 1. The molecule has 1 amide bonds. The summed E-state index contributed by atoms with van der Waals surface area (Å²) in [6.45, 7) is 1.89. The van der Waals surface area contributed by atoms with Gasteiger partial charge in [-0.05, 0) is 25.1 Å². The van der Waals surface area contributed by atoms with Crippen molar-refractivity contribution in [2.24, 2.45) is 0 Å². The maximum Gasteiger partial charge on any atom is 0.236 e. The van der Waals surface area contributed by atoms with Gasteiger partial charge in [0.15, 0.2) is 5.13 Å². The van der Waals surface area contributed by atoms with E-state index >= 15 is 0 Å². The van der Waals surface area contributed by atoms with Gasteiger partial charge in [-0.3, -0.25) is 4.79 Å². The third kappa shape index (κ3) is 3.88. The van der Waals surface area contributed by atoms with Crippen LogP contribution in [0.5, 0.6) is 5.75 Å². The molecule has 5 nitrogen and oxygen atoms in total. The van der Waals surface area contributed by atoms with Crippen molar-refractivity contribution in [2.75, 3.05) is 23.9 Å². The van der Waals surface area contributed by atoms with Gasteiger partial charge in [-0.2, -0.15) is 0 Å². The van der Waals surface area contributed by atoms with Crippen LogP contribution in [0.25, 0.3) is 0 Å². The number of aryl methyl sites for hydroxylation is 1. The Morgan fingerprint density at radius 3 is 3.00 bits per heavy atom. The van der Waals surface area contributed by atoms with E-state index in [1.54, 1.807) is 19.2 Å². The van der Waals surface area contributed by atoms with Gasteiger partial charge in [0.05, 0.1) is 18.6 Å². The number of benzene rings is 1. The topological polar surface area (TPSA) is 77.2 Å². The first-order valence-electron chi connectivity index (χ1n) is 5.87. The zero-order chi connectivity index (χ0) is 14.5. The number of nitrogens with two attached hydrogens (primary N) is 1. The standard InChI is InChI=1S/C13H15N3O2S2/c1-8-6-20-13(15-8)16-12(17)7-19-11-5-9(18-2)3-4-10(11)14/h3-6H,7,14H2,1-2H3,(H,15,16,17). The molecule has 0 spiro atoms. The molecular formula is C13H15N3O2S2. The van der Waals surface area contributed by atoms with Crippen molar-refractivity contribution in [2.45, 2.75) is 11.8 Å². The molecule has 7 heteroatoms. The number of rotatable bonds is 5. The Balaban J connectivity index is 1.93. The van der Waals surface area contributed by atoms with Crippen molar-refractivity contribution in [3.8, 4) is 5.75 Å². The van der Waals surface area contributed by atoms with E-state index in [2.05, 4.69) is 10.3 Å². The fourth-order valence-electron chi connectivity index (χ4n) is 1.48. The van der Waals surface area contributed by atoms with Gasteiger partial charge in [0.2, 0.25) is 5.91 Å². The van der Waals surface area contributed by atoms with E-state index in [9.17, 15) is 4.79 Å². The molecule has 20 heavy (non-hydrogen) atoms. The zero-order valence-electron chi connectivity index (χ0n) is 11.2. The molecule has 1 heterocycles. The Morgan fingerprint density at radius 1 is 1.55 bits per heavy atom. The van der Waals surface area contributed by atoms with Crippen molar-refractivity contribution < 1.29 is 9.53 Å². The number of thioether (sulfide) groups is 1. The Bertz CT molecular complexity index is 613. The molecule has 0 unspecified atom stereocenters. The van der Waals surface area contributed by atoms with Crippen LogP contribution < -0.4 is 15.8 Å². The first kappa shape index (κ1) is 14.7. The number of carbonyl (C=O) groups is 1. The third-order valence-corrected chi connectivity index (χ3v) is 4.39. The largest absolute Gasteiger partial charge is 0.497 e. The maximum atomic E-state index is 11.8. The third-order valence-electron chi connectivity index (χ3n) is 2.44. The predicted octanol–water partition coefficient (Wildman–Crippen LogP) is 2.77. The van der Waals surface area contributed by atoms with Crippen LogP contribution in [0.2, 0.25) is 0 Å². The molecule has 0 saturated carbocycles. The highest BCUT2D eigenvalue weighted by Gasteiger charge is 2.08. The number of nitrogens with one attached hydrogen (secondary N) is 1. The minimum absolute atomic E-state index is 0.105. The number of nitrogen functional groups attached to an aromatic ring is 1. The van der Waals surface area contributed by atoms with E-state index in [4.69, 9.17) is 10.5 Å². The average Bonchev–Trinajstić information content (AvgIpc) is 2.83. The molecule has 0 bridgehead atoms. The SMILES string of the molecule is COc1ccc(N)c(SCC(=O)Nc2nc(C)cs2)c1. The highest BCUT2D eigenvalue weighted by atomic mass is 32.2. The van der Waals surface area contributed by atoms with Crippen molar-refractivity contribution >= 4 is 39.8 Å². The summed E-state index contributed by atoms with van der Waals surface area (Å²) in [5, 5.41) is 5.27. The zero-order valence-corrected chi connectivity index (χ0v) is 12.8. The van der Waals surface area contributed by atoms with Crippen LogP contribution in [0.3, 0.4) is 0 Å². The highest BCUT2D eigenvalue weighted by molar-refractivity contribution is 8.00. The fraction of sp³-hybridized carbons (Fsp3) is 0.231. The van der Waals surface area contributed by atoms with Gasteiger partial charge in [-0.15, -0.1) is 23.1 Å². The summed E-state index contributed by atoms with van der Waals surface area (Å²) in [6, 6.07) is 5.38. The smallest absolute Gasteiger partial charge is 0.236 e. The Hall–Kier alpha value is -1.73. The van der Waals surface area contributed by atoms with Crippen LogP contribution in [0.4, 0.5) is 10.8 Å². The molecule has 2 rings (SSSR count). The van der Waals surface area contributed by atoms with E-state index in [0.29, 0.717) is 10.8 Å². The van der Waals surface area contributed by atoms with Crippen molar-refractivity contribution in [3.63, 3.8) is 0 Å². The van der Waals surface area contributed by atoms with Gasteiger partial charge >= 0.3 is 0 Å². The van der Waals surface area contributed by atoms with Crippen LogP contribution in [-0.4, -0.2) is 23.8 Å². The summed E-state index contributed by atoms with van der Waals surface area (Å²) in [7, 11) is 1.59. The van der Waals surface area contributed by atoms with Crippen LogP contribution in [-0.2, 0) is 4.79 Å². The molecule has 1 aromatic carbocycles. The summed E-state index contributed by atoms with van der Waals surface area (Å²) in [5.74, 6) is 0.889. The van der Waals surface area contributed by atoms with Crippen LogP contribution in [0.15, 0.2) is 28.5 Å². The van der Waals surface area contributed by atoms with Gasteiger partial charge in [-0.25, -0.2) is 4.98 Å². The van der Waals surface area contributed by atoms with Crippen molar-refractivity contribution in [1.82, 2.24) is 4.98 Å². The second-order valence-corrected chi connectivity index (χ2v) is 5.91. The predicted molar refractivity (Wildman–Crippen MR) is 83.6 cm³/mol. The number of ether oxygens (including phenoxy) is 1. The molecule has 1 aromatic heterocycles. The van der Waals surface area contributed by atoms with E-state index in [1.165, 1.54) is 23.1 Å². The first-order valence-corrected chi connectivity index (χ1v) is 7.73. The van der Waals surface area contributed by atoms with Gasteiger partial charge in [0, 0.05) is 16.0 Å². The van der Waals surface area contributed by atoms with Crippen LogP contribution in [0, 0.1) is 6.92 Å². The minimum atomic E-state index is -0.105. The van der Waals surface area contributed by atoms with E-state index in [-0.39, 0.29) is 11.7 Å². The Labute approximate surface area is 125 Å². The quantitative estimate of drug-likeness (QED) is 0.656. The number of carbonyl (C=O) groups excluding carboxylic acids is 1. The maximum absolute atomic E-state index is 11.8. The lowest BCUT2D eigenvalue weighted by Crippen LogP contribution is -2.13. The lowest BCUT2D eigenvalue weighted by atomic mass is 10.3. The summed E-state index contributed by atoms with van der Waals surface area (Å²) in [4.78, 5) is 16.8. The lowest BCUT2D eigenvalue weighted by Gasteiger charge is -2.07. The Morgan fingerprint density at radius 2 is 2.35 bits per heavy atom. The molecular weight excluding hydrogens is 294 g/mol. The van der Waals surface area contributed by atoms with Crippen LogP contribution in [0.1, 0.15) is 5.69 Å². The van der Waals surface area contributed by atoms with Gasteiger partial charge < -0.3 is 15.8 Å². The summed E-state index contributed by atoms with van der Waals surface area (Å²) < 4.78 is 5.14. The number of nitrogens with zero attached hydrogens (tertiary/aromatic N) is 1. The van der Waals surface area contributed by atoms with Crippen molar-refractivity contribution in [1.29, 1.82) is 0 Å². The molecule has 0 aliphatic heterocycles. The molecule has 0 radical (unpaired) electrons. The van der Waals surface area contributed by atoms with E-state index in [0.717, 1.165) is 16.3 Å². The molecule has 0 aliphatic rings. The number of anilines is 2. The van der Waals surface area contributed by atoms with Gasteiger partial charge in [-0.1, -0.05) is 0 Å². The highest BCUT2D eigenvalue weighted by Crippen LogP contribution is 2.29. The van der Waals surface area contributed by atoms with Crippen LogP contribution >= 0.6 is 23.1 Å². The number of hydrogen-bond acceptors (Lipinski definition) is 6. The van der Waals surface area contributed by atoms with E-state index in [1.807, 2.05) is 18.4 Å². The number of hydrogen-bond donors (Lipinski definition) is 2. The van der Waals surface area contributed by atoms with E-state index < -0.39 is 0 Å². The molecule has 0 fully saturated rings. The lowest BCUT2D eigenvalue weighted by molar-refractivity contribution is -0.113. The summed E-state index contributed by atoms with van der Waals surface area (Å²) >= 11 is 2.78. The van der Waals surface area contributed by atoms with Gasteiger partial charge in [0.25, 0.3) is 0 Å². The van der Waals surface area contributed by atoms with Crippen molar-refractivity contribution in [3.05, 3.63) is 29.3 Å².